The first-order chi connectivity index (χ1) is 8.54. The second-order valence-corrected chi connectivity index (χ2v) is 6.16. The SMILES string of the molecule is Cc1ccc2sc(NC(C)CCN(C)C)nc2c1. The molecule has 1 heterocycles. The van der Waals surface area contributed by atoms with Crippen LogP contribution in [0.25, 0.3) is 10.2 Å². The summed E-state index contributed by atoms with van der Waals surface area (Å²) in [6.45, 7) is 5.41. The third-order valence-corrected chi connectivity index (χ3v) is 3.89. The lowest BCUT2D eigenvalue weighted by Gasteiger charge is -2.15. The molecule has 98 valence electrons. The molecule has 18 heavy (non-hydrogen) atoms. The Labute approximate surface area is 113 Å². The molecule has 1 unspecified atom stereocenters. The van der Waals surface area contributed by atoms with Crippen molar-refractivity contribution in [2.24, 2.45) is 0 Å². The number of hydrogen-bond donors (Lipinski definition) is 1. The number of benzene rings is 1. The summed E-state index contributed by atoms with van der Waals surface area (Å²) in [7, 11) is 4.21. The highest BCUT2D eigenvalue weighted by molar-refractivity contribution is 7.22. The van der Waals surface area contributed by atoms with E-state index in [-0.39, 0.29) is 0 Å². The minimum Gasteiger partial charge on any atom is -0.359 e. The van der Waals surface area contributed by atoms with Gasteiger partial charge >= 0.3 is 0 Å². The smallest absolute Gasteiger partial charge is 0.183 e. The van der Waals surface area contributed by atoms with Gasteiger partial charge in [0.25, 0.3) is 0 Å². The summed E-state index contributed by atoms with van der Waals surface area (Å²) in [5.74, 6) is 0. The second kappa shape index (κ2) is 5.67. The fourth-order valence-electron chi connectivity index (χ4n) is 1.83. The van der Waals surface area contributed by atoms with Crippen molar-refractivity contribution in [3.05, 3.63) is 23.8 Å². The molecule has 1 N–H and O–H groups in total. The van der Waals surface area contributed by atoms with Gasteiger partial charge in [0.05, 0.1) is 10.2 Å². The lowest BCUT2D eigenvalue weighted by molar-refractivity contribution is 0.390. The molecule has 0 saturated heterocycles. The first-order valence-corrected chi connectivity index (χ1v) is 7.14. The Bertz CT molecular complexity index is 519. The number of fused-ring (bicyclic) bond motifs is 1. The van der Waals surface area contributed by atoms with Crippen LogP contribution in [0, 0.1) is 6.92 Å². The van der Waals surface area contributed by atoms with E-state index < -0.39 is 0 Å². The number of rotatable bonds is 5. The van der Waals surface area contributed by atoms with Gasteiger partial charge in [-0.3, -0.25) is 0 Å². The number of aromatic nitrogens is 1. The topological polar surface area (TPSA) is 28.2 Å². The Hall–Kier alpha value is -1.13. The second-order valence-electron chi connectivity index (χ2n) is 5.13. The molecule has 0 fully saturated rings. The van der Waals surface area contributed by atoms with E-state index >= 15 is 0 Å². The number of nitrogens with one attached hydrogen (secondary N) is 1. The van der Waals surface area contributed by atoms with Gasteiger partial charge in [0.2, 0.25) is 0 Å². The highest BCUT2D eigenvalue weighted by Gasteiger charge is 2.07. The molecule has 1 atom stereocenters. The van der Waals surface area contributed by atoms with Gasteiger partial charge in [-0.05, 0) is 58.6 Å². The zero-order valence-corrected chi connectivity index (χ0v) is 12.3. The minimum atomic E-state index is 0.453. The molecule has 2 aromatic rings. The fourth-order valence-corrected chi connectivity index (χ4v) is 2.79. The van der Waals surface area contributed by atoms with Crippen LogP contribution in [0.4, 0.5) is 5.13 Å². The Kier molecular flexibility index (Phi) is 4.19. The molecular weight excluding hydrogens is 242 g/mol. The van der Waals surface area contributed by atoms with Crippen LogP contribution in [0.1, 0.15) is 18.9 Å². The lowest BCUT2D eigenvalue weighted by atomic mass is 10.2. The summed E-state index contributed by atoms with van der Waals surface area (Å²) in [4.78, 5) is 6.84. The molecule has 3 nitrogen and oxygen atoms in total. The standard InChI is InChI=1S/C14H21N3S/c1-10-5-6-13-12(9-10)16-14(18-13)15-11(2)7-8-17(3)4/h5-6,9,11H,7-8H2,1-4H3,(H,15,16). The van der Waals surface area contributed by atoms with Crippen molar-refractivity contribution in [3.63, 3.8) is 0 Å². The van der Waals surface area contributed by atoms with Crippen molar-refractivity contribution in [1.82, 2.24) is 9.88 Å². The van der Waals surface area contributed by atoms with Crippen LogP contribution >= 0.6 is 11.3 Å². The Morgan fingerprint density at radius 3 is 2.89 bits per heavy atom. The largest absolute Gasteiger partial charge is 0.359 e. The number of anilines is 1. The maximum Gasteiger partial charge on any atom is 0.183 e. The molecule has 0 aliphatic carbocycles. The van der Waals surface area contributed by atoms with E-state index in [1.165, 1.54) is 10.3 Å². The van der Waals surface area contributed by atoms with Crippen molar-refractivity contribution in [2.45, 2.75) is 26.3 Å². The summed E-state index contributed by atoms with van der Waals surface area (Å²) >= 11 is 1.73. The Morgan fingerprint density at radius 2 is 2.17 bits per heavy atom. The summed E-state index contributed by atoms with van der Waals surface area (Å²) in [6, 6.07) is 6.88. The van der Waals surface area contributed by atoms with Gasteiger partial charge in [-0.15, -0.1) is 0 Å². The third kappa shape index (κ3) is 3.43. The van der Waals surface area contributed by atoms with E-state index in [0.29, 0.717) is 6.04 Å². The molecule has 0 spiro atoms. The van der Waals surface area contributed by atoms with E-state index in [9.17, 15) is 0 Å². The van der Waals surface area contributed by atoms with Crippen molar-refractivity contribution in [1.29, 1.82) is 0 Å². The van der Waals surface area contributed by atoms with Crippen LogP contribution in [-0.4, -0.2) is 36.6 Å². The summed E-state index contributed by atoms with van der Waals surface area (Å²) < 4.78 is 1.25. The van der Waals surface area contributed by atoms with Crippen LogP contribution in [0.15, 0.2) is 18.2 Å². The first kappa shape index (κ1) is 13.3. The minimum absolute atomic E-state index is 0.453. The van der Waals surface area contributed by atoms with Gasteiger partial charge in [-0.25, -0.2) is 4.98 Å². The van der Waals surface area contributed by atoms with E-state index in [1.807, 2.05) is 0 Å². The van der Waals surface area contributed by atoms with Gasteiger partial charge < -0.3 is 10.2 Å². The fraction of sp³-hybridized carbons (Fsp3) is 0.500. The van der Waals surface area contributed by atoms with Crippen LogP contribution in [0.2, 0.25) is 0 Å². The number of aryl methyl sites for hydroxylation is 1. The van der Waals surface area contributed by atoms with Crippen molar-refractivity contribution >= 4 is 26.7 Å². The molecular formula is C14H21N3S. The zero-order chi connectivity index (χ0) is 13.1. The zero-order valence-electron chi connectivity index (χ0n) is 11.5. The van der Waals surface area contributed by atoms with E-state index in [1.54, 1.807) is 11.3 Å². The maximum atomic E-state index is 4.63. The van der Waals surface area contributed by atoms with Gasteiger partial charge in [-0.2, -0.15) is 0 Å². The first-order valence-electron chi connectivity index (χ1n) is 6.33. The van der Waals surface area contributed by atoms with Gasteiger partial charge in [0, 0.05) is 6.04 Å². The number of nitrogens with zero attached hydrogens (tertiary/aromatic N) is 2. The average Bonchev–Trinajstić information content (AvgIpc) is 2.67. The normalized spacial score (nSPS) is 13.2. The monoisotopic (exact) mass is 263 g/mol. The van der Waals surface area contributed by atoms with Crippen LogP contribution in [-0.2, 0) is 0 Å². The number of hydrogen-bond acceptors (Lipinski definition) is 4. The number of thiazole rings is 1. The molecule has 0 radical (unpaired) electrons. The maximum absolute atomic E-state index is 4.63. The van der Waals surface area contributed by atoms with Crippen molar-refractivity contribution in [2.75, 3.05) is 26.0 Å². The summed E-state index contributed by atoms with van der Waals surface area (Å²) in [5, 5.41) is 4.52. The molecule has 2 rings (SSSR count). The van der Waals surface area contributed by atoms with Crippen molar-refractivity contribution < 1.29 is 0 Å². The molecule has 0 aliphatic heterocycles. The molecule has 0 amide bonds. The predicted octanol–water partition coefficient (Wildman–Crippen LogP) is 3.36. The van der Waals surface area contributed by atoms with Crippen molar-refractivity contribution in [3.8, 4) is 0 Å². The Morgan fingerprint density at radius 1 is 1.39 bits per heavy atom. The molecule has 0 aliphatic rings. The lowest BCUT2D eigenvalue weighted by Crippen LogP contribution is -2.22. The van der Waals surface area contributed by atoms with E-state index in [4.69, 9.17) is 0 Å². The van der Waals surface area contributed by atoms with Gasteiger partial charge in [-0.1, -0.05) is 17.4 Å². The molecule has 1 aromatic heterocycles. The molecule has 4 heteroatoms. The highest BCUT2D eigenvalue weighted by atomic mass is 32.1. The van der Waals surface area contributed by atoms with Crippen LogP contribution in [0.3, 0.4) is 0 Å². The molecule has 0 bridgehead atoms. The summed E-state index contributed by atoms with van der Waals surface area (Å²) in [5.41, 5.74) is 2.36. The van der Waals surface area contributed by atoms with E-state index in [0.717, 1.165) is 23.6 Å². The quantitative estimate of drug-likeness (QED) is 0.896. The Balaban J connectivity index is 2.03. The van der Waals surface area contributed by atoms with Crippen LogP contribution in [0.5, 0.6) is 0 Å². The third-order valence-electron chi connectivity index (χ3n) is 2.92. The molecule has 0 saturated carbocycles. The summed E-state index contributed by atoms with van der Waals surface area (Å²) in [6.07, 6.45) is 1.13. The highest BCUT2D eigenvalue weighted by Crippen LogP contribution is 2.27. The van der Waals surface area contributed by atoms with Crippen LogP contribution < -0.4 is 5.32 Å². The van der Waals surface area contributed by atoms with E-state index in [2.05, 4.69) is 61.3 Å². The van der Waals surface area contributed by atoms with Gasteiger partial charge in [0.1, 0.15) is 0 Å². The van der Waals surface area contributed by atoms with Gasteiger partial charge in [0.15, 0.2) is 5.13 Å². The average molecular weight is 263 g/mol. The molecule has 1 aromatic carbocycles. The predicted molar refractivity (Wildman–Crippen MR) is 80.6 cm³/mol.